The molecule has 0 bridgehead atoms. The number of nitrogens with zero attached hydrogens (tertiary/aromatic N) is 3. The summed E-state index contributed by atoms with van der Waals surface area (Å²) in [5, 5.41) is 0. The predicted octanol–water partition coefficient (Wildman–Crippen LogP) is 7.09. The normalized spacial score (nSPS) is 11.4. The number of hydrogen-bond donors (Lipinski definition) is 0. The highest BCUT2D eigenvalue weighted by molar-refractivity contribution is 6.05. The average Bonchev–Trinajstić information content (AvgIpc) is 3.18. The summed E-state index contributed by atoms with van der Waals surface area (Å²) >= 11 is 0. The second-order valence-corrected chi connectivity index (χ2v) is 8.15. The maximum Gasteiger partial charge on any atom is 0.339 e. The maximum atomic E-state index is 14.0. The molecule has 0 aliphatic rings. The first-order valence-corrected chi connectivity index (χ1v) is 10.4. The molecule has 0 fully saturated rings. The second-order valence-electron chi connectivity index (χ2n) is 8.15. The number of anilines is 2. The van der Waals surface area contributed by atoms with E-state index in [-0.39, 0.29) is 17.9 Å². The lowest BCUT2D eigenvalue weighted by Gasteiger charge is -2.29. The fraction of sp³-hybridized carbons (Fsp3) is 0.231. The fourth-order valence-electron chi connectivity index (χ4n) is 3.91. The van der Waals surface area contributed by atoms with Gasteiger partial charge in [0.25, 0.3) is 0 Å². The number of fused-ring (bicyclic) bond motifs is 1. The number of carbonyl (C=O) groups excluding carboxylic acids is 1. The zero-order valence-corrected chi connectivity index (χ0v) is 17.9. The number of aromatic nitrogens is 2. The molecule has 0 radical (unpaired) electrons. The summed E-state index contributed by atoms with van der Waals surface area (Å²) < 4.78 is 1.64. The monoisotopic (exact) mass is 397 g/mol. The number of imidazole rings is 1. The van der Waals surface area contributed by atoms with E-state index in [1.165, 1.54) is 0 Å². The SMILES string of the molecule is CC(C)c1ccccc1N(C(=O)n1cnc2ccccc21)c1ccccc1C(C)C. The third-order valence-corrected chi connectivity index (χ3v) is 5.45. The van der Waals surface area contributed by atoms with Crippen LogP contribution in [0.25, 0.3) is 11.0 Å². The molecule has 0 N–H and O–H groups in total. The largest absolute Gasteiger partial charge is 0.339 e. The van der Waals surface area contributed by atoms with Crippen molar-refractivity contribution in [2.45, 2.75) is 39.5 Å². The quantitative estimate of drug-likeness (QED) is 0.369. The van der Waals surface area contributed by atoms with E-state index in [1.54, 1.807) is 10.9 Å². The molecule has 3 aromatic carbocycles. The van der Waals surface area contributed by atoms with Gasteiger partial charge in [0.15, 0.2) is 0 Å². The van der Waals surface area contributed by atoms with E-state index in [0.29, 0.717) is 0 Å². The van der Waals surface area contributed by atoms with Gasteiger partial charge in [-0.05, 0) is 47.2 Å². The molecule has 0 atom stereocenters. The molecule has 1 amide bonds. The number of benzene rings is 3. The van der Waals surface area contributed by atoms with Gasteiger partial charge in [0.2, 0.25) is 0 Å². The van der Waals surface area contributed by atoms with Crippen LogP contribution >= 0.6 is 0 Å². The Balaban J connectivity index is 1.97. The predicted molar refractivity (Wildman–Crippen MR) is 124 cm³/mol. The number of carbonyl (C=O) groups is 1. The van der Waals surface area contributed by atoms with Crippen LogP contribution in [0.4, 0.5) is 16.2 Å². The highest BCUT2D eigenvalue weighted by atomic mass is 16.2. The van der Waals surface area contributed by atoms with Gasteiger partial charge in [0, 0.05) is 0 Å². The molecular weight excluding hydrogens is 370 g/mol. The summed E-state index contributed by atoms with van der Waals surface area (Å²) in [5.41, 5.74) is 5.69. The van der Waals surface area contributed by atoms with Crippen molar-refractivity contribution in [3.05, 3.63) is 90.3 Å². The minimum atomic E-state index is -0.134. The highest BCUT2D eigenvalue weighted by Gasteiger charge is 2.26. The Hall–Kier alpha value is -3.40. The Morgan fingerprint density at radius 1 is 0.767 bits per heavy atom. The van der Waals surface area contributed by atoms with Crippen molar-refractivity contribution in [3.8, 4) is 0 Å². The molecule has 4 nitrogen and oxygen atoms in total. The summed E-state index contributed by atoms with van der Waals surface area (Å²) in [5.74, 6) is 0.560. The summed E-state index contributed by atoms with van der Waals surface area (Å²) in [6.45, 7) is 8.62. The Morgan fingerprint density at radius 3 is 1.83 bits per heavy atom. The van der Waals surface area contributed by atoms with Gasteiger partial charge in [-0.25, -0.2) is 14.3 Å². The van der Waals surface area contributed by atoms with Crippen molar-refractivity contribution in [1.82, 2.24) is 9.55 Å². The molecule has 0 saturated carbocycles. The van der Waals surface area contributed by atoms with Crippen LogP contribution < -0.4 is 4.90 Å². The molecule has 152 valence electrons. The minimum absolute atomic E-state index is 0.134. The van der Waals surface area contributed by atoms with Crippen LogP contribution in [-0.4, -0.2) is 15.6 Å². The lowest BCUT2D eigenvalue weighted by atomic mass is 9.97. The van der Waals surface area contributed by atoms with Crippen LogP contribution in [0.2, 0.25) is 0 Å². The van der Waals surface area contributed by atoms with Crippen molar-refractivity contribution >= 4 is 28.4 Å². The lowest BCUT2D eigenvalue weighted by Crippen LogP contribution is -2.32. The molecule has 0 saturated heterocycles. The molecule has 0 aliphatic carbocycles. The summed E-state index contributed by atoms with van der Waals surface area (Å²) in [7, 11) is 0. The zero-order valence-electron chi connectivity index (χ0n) is 17.9. The van der Waals surface area contributed by atoms with Crippen molar-refractivity contribution in [1.29, 1.82) is 0 Å². The molecule has 30 heavy (non-hydrogen) atoms. The molecule has 1 heterocycles. The van der Waals surface area contributed by atoms with Crippen molar-refractivity contribution < 1.29 is 4.79 Å². The molecule has 0 aliphatic heterocycles. The molecule has 0 unspecified atom stereocenters. The molecule has 4 rings (SSSR count). The number of para-hydroxylation sites is 4. The molecule has 4 heteroatoms. The van der Waals surface area contributed by atoms with Crippen molar-refractivity contribution in [2.75, 3.05) is 4.90 Å². The molecule has 0 spiro atoms. The van der Waals surface area contributed by atoms with Crippen LogP contribution in [0.5, 0.6) is 0 Å². The Labute approximate surface area is 177 Å². The smallest absolute Gasteiger partial charge is 0.262 e. The third-order valence-electron chi connectivity index (χ3n) is 5.45. The zero-order chi connectivity index (χ0) is 21.3. The second kappa shape index (κ2) is 8.15. The van der Waals surface area contributed by atoms with Gasteiger partial charge in [0.1, 0.15) is 6.33 Å². The van der Waals surface area contributed by atoms with Gasteiger partial charge in [-0.1, -0.05) is 76.2 Å². The Morgan fingerprint density at radius 2 is 1.27 bits per heavy atom. The van der Waals surface area contributed by atoms with Gasteiger partial charge < -0.3 is 0 Å². The van der Waals surface area contributed by atoms with E-state index in [2.05, 4.69) is 44.8 Å². The lowest BCUT2D eigenvalue weighted by molar-refractivity contribution is 0.250. The van der Waals surface area contributed by atoms with E-state index < -0.39 is 0 Å². The van der Waals surface area contributed by atoms with E-state index in [9.17, 15) is 4.79 Å². The van der Waals surface area contributed by atoms with Gasteiger partial charge in [0.05, 0.1) is 22.4 Å². The standard InChI is InChI=1S/C26H27N3O/c1-18(2)20-11-5-8-14-23(20)29(24-15-9-6-12-21(24)19(3)4)26(30)28-17-27-22-13-7-10-16-25(22)28/h5-19H,1-4H3. The number of hydrogen-bond acceptors (Lipinski definition) is 2. The average molecular weight is 398 g/mol. The summed E-state index contributed by atoms with van der Waals surface area (Å²) in [6, 6.07) is 23.9. The fourth-order valence-corrected chi connectivity index (χ4v) is 3.91. The number of rotatable bonds is 4. The summed E-state index contributed by atoms with van der Waals surface area (Å²) in [4.78, 5) is 20.3. The molecular formula is C26H27N3O. The van der Waals surface area contributed by atoms with Crippen LogP contribution in [-0.2, 0) is 0 Å². The van der Waals surface area contributed by atoms with Crippen LogP contribution in [0.15, 0.2) is 79.1 Å². The first-order valence-electron chi connectivity index (χ1n) is 10.4. The van der Waals surface area contributed by atoms with Crippen LogP contribution in [0, 0.1) is 0 Å². The van der Waals surface area contributed by atoms with Crippen molar-refractivity contribution in [3.63, 3.8) is 0 Å². The topological polar surface area (TPSA) is 38.1 Å². The molecule has 4 aromatic rings. The van der Waals surface area contributed by atoms with Gasteiger partial charge in [-0.3, -0.25) is 4.90 Å². The Kier molecular flexibility index (Phi) is 5.40. The first kappa shape index (κ1) is 19.9. The van der Waals surface area contributed by atoms with Crippen molar-refractivity contribution in [2.24, 2.45) is 0 Å². The highest BCUT2D eigenvalue weighted by Crippen LogP contribution is 2.37. The Bertz CT molecular complexity index is 1140. The van der Waals surface area contributed by atoms with Crippen LogP contribution in [0.3, 0.4) is 0 Å². The maximum absolute atomic E-state index is 14.0. The van der Waals surface area contributed by atoms with E-state index >= 15 is 0 Å². The van der Waals surface area contributed by atoms with Crippen LogP contribution in [0.1, 0.15) is 50.7 Å². The first-order chi connectivity index (χ1) is 14.5. The number of amides is 1. The molecule has 1 aromatic heterocycles. The van der Waals surface area contributed by atoms with Gasteiger partial charge >= 0.3 is 6.03 Å². The van der Waals surface area contributed by atoms with Gasteiger partial charge in [-0.2, -0.15) is 0 Å². The summed E-state index contributed by atoms with van der Waals surface area (Å²) in [6.07, 6.45) is 1.62. The van der Waals surface area contributed by atoms with Gasteiger partial charge in [-0.15, -0.1) is 0 Å². The third kappa shape index (κ3) is 3.50. The van der Waals surface area contributed by atoms with E-state index in [0.717, 1.165) is 33.5 Å². The van der Waals surface area contributed by atoms with E-state index in [4.69, 9.17) is 0 Å². The minimum Gasteiger partial charge on any atom is -0.262 e. The van der Waals surface area contributed by atoms with E-state index in [1.807, 2.05) is 65.6 Å².